The summed E-state index contributed by atoms with van der Waals surface area (Å²) in [5.41, 5.74) is -4.14. The molecule has 0 bridgehead atoms. The van der Waals surface area contributed by atoms with E-state index in [0.717, 1.165) is 36.4 Å². The number of ether oxygens (including phenoxy) is 1. The fraction of sp³-hybridized carbons (Fsp3) is 0.115. The largest absolute Gasteiger partial charge is 0.508 e. The van der Waals surface area contributed by atoms with Gasteiger partial charge in [0.05, 0.1) is 11.1 Å². The number of rotatable bonds is 5. The Morgan fingerprint density at radius 3 is 2.30 bits per heavy atom. The third-order valence-electron chi connectivity index (χ3n) is 5.59. The molecule has 0 unspecified atom stereocenters. The van der Waals surface area contributed by atoms with Crippen LogP contribution in [0.4, 0.5) is 30.7 Å². The zero-order valence-corrected chi connectivity index (χ0v) is 19.6. The smallest absolute Gasteiger partial charge is 0.450 e. The molecule has 0 saturated carbocycles. The average Bonchev–Trinajstić information content (AvgIpc) is 3.36. The highest BCUT2D eigenvalue weighted by Gasteiger charge is 2.40. The highest BCUT2D eigenvalue weighted by molar-refractivity contribution is 5.88. The van der Waals surface area contributed by atoms with Gasteiger partial charge in [-0.3, -0.25) is 4.79 Å². The minimum absolute atomic E-state index is 0.174. The van der Waals surface area contributed by atoms with E-state index >= 15 is 0 Å². The molecule has 2 aromatic heterocycles. The molecule has 3 aromatic carbocycles. The third kappa shape index (κ3) is 5.19. The maximum absolute atomic E-state index is 13.8. The van der Waals surface area contributed by atoms with Crippen molar-refractivity contribution in [3.05, 3.63) is 93.9 Å². The van der Waals surface area contributed by atoms with Gasteiger partial charge < -0.3 is 18.8 Å². The van der Waals surface area contributed by atoms with Gasteiger partial charge in [0.25, 0.3) is 5.89 Å². The van der Waals surface area contributed by atoms with Gasteiger partial charge in [0.2, 0.25) is 17.0 Å². The van der Waals surface area contributed by atoms with Crippen LogP contribution in [0.15, 0.2) is 74.4 Å². The Hall–Kier alpha value is -4.88. The number of phenolic OH excluding ortho intramolecular Hbond substituents is 1. The maximum atomic E-state index is 13.8. The zero-order chi connectivity index (χ0) is 28.8. The molecule has 0 fully saturated rings. The molecule has 2 heterocycles. The molecule has 0 aliphatic heterocycles. The summed E-state index contributed by atoms with van der Waals surface area (Å²) in [5, 5.41) is 12.7. The van der Waals surface area contributed by atoms with Crippen molar-refractivity contribution in [3.63, 3.8) is 0 Å². The van der Waals surface area contributed by atoms with Crippen LogP contribution in [0.2, 0.25) is 0 Å². The average molecular weight is 566 g/mol. The lowest BCUT2D eigenvalue weighted by molar-refractivity contribution is -0.152. The van der Waals surface area contributed by atoms with Gasteiger partial charge in [-0.25, -0.2) is 4.39 Å². The van der Waals surface area contributed by atoms with Crippen LogP contribution in [0.1, 0.15) is 17.1 Å². The molecule has 7 nitrogen and oxygen atoms in total. The number of phenols is 1. The Labute approximate surface area is 218 Å². The molecule has 0 spiro atoms. The van der Waals surface area contributed by atoms with Gasteiger partial charge in [-0.2, -0.15) is 31.3 Å². The fourth-order valence-electron chi connectivity index (χ4n) is 3.87. The Balaban J connectivity index is 1.51. The zero-order valence-electron chi connectivity index (χ0n) is 19.6. The summed E-state index contributed by atoms with van der Waals surface area (Å²) in [4.78, 5) is 17.2. The number of benzene rings is 3. The topological polar surface area (TPSA) is 98.6 Å². The van der Waals surface area contributed by atoms with Gasteiger partial charge in [-0.05, 0) is 48.0 Å². The third-order valence-corrected chi connectivity index (χ3v) is 5.59. The van der Waals surface area contributed by atoms with Crippen LogP contribution in [0.5, 0.6) is 11.5 Å². The van der Waals surface area contributed by atoms with E-state index in [2.05, 4.69) is 10.1 Å². The molecule has 1 N–H and O–H groups in total. The molecule has 0 saturated heterocycles. The first-order chi connectivity index (χ1) is 18.8. The molecule has 0 aliphatic carbocycles. The van der Waals surface area contributed by atoms with Crippen LogP contribution < -0.4 is 10.2 Å². The lowest BCUT2D eigenvalue weighted by Gasteiger charge is -2.14. The molecule has 0 aliphatic rings. The molecule has 0 atom stereocenters. The summed E-state index contributed by atoms with van der Waals surface area (Å²) in [5.74, 6) is -3.87. The van der Waals surface area contributed by atoms with Crippen LogP contribution >= 0.6 is 0 Å². The number of alkyl halides is 6. The van der Waals surface area contributed by atoms with Crippen LogP contribution in [0, 0.1) is 5.82 Å². The van der Waals surface area contributed by atoms with Crippen molar-refractivity contribution in [1.29, 1.82) is 0 Å². The van der Waals surface area contributed by atoms with E-state index in [1.54, 1.807) is 0 Å². The van der Waals surface area contributed by atoms with E-state index in [1.807, 2.05) is 0 Å². The van der Waals surface area contributed by atoms with E-state index in [1.165, 1.54) is 12.1 Å². The molecule has 206 valence electrons. The quantitative estimate of drug-likeness (QED) is 0.230. The second kappa shape index (κ2) is 9.70. The van der Waals surface area contributed by atoms with E-state index in [4.69, 9.17) is 13.7 Å². The second-order valence-electron chi connectivity index (χ2n) is 8.34. The molecule has 5 aromatic rings. The number of nitrogens with zero attached hydrogens (tertiary/aromatic N) is 2. The summed E-state index contributed by atoms with van der Waals surface area (Å²) >= 11 is 0. The van der Waals surface area contributed by atoms with E-state index in [0.29, 0.717) is 12.1 Å². The number of hydrogen-bond acceptors (Lipinski definition) is 7. The molecule has 14 heteroatoms. The Kier molecular flexibility index (Phi) is 6.48. The summed E-state index contributed by atoms with van der Waals surface area (Å²) < 4.78 is 110. The highest BCUT2D eigenvalue weighted by atomic mass is 19.4. The van der Waals surface area contributed by atoms with E-state index in [-0.39, 0.29) is 33.8 Å². The van der Waals surface area contributed by atoms with Crippen molar-refractivity contribution in [2.24, 2.45) is 0 Å². The first kappa shape index (κ1) is 26.7. The SMILES string of the molecule is O=c1c(-c2ccc(O)cc2)c(C(F)(F)F)oc2cccc(OCc3noc(-c4cc(F)cc(C(F)(F)F)c4)n3)c12. The Morgan fingerprint density at radius 2 is 1.62 bits per heavy atom. The van der Waals surface area contributed by atoms with Gasteiger partial charge in [-0.1, -0.05) is 23.4 Å². The molecule has 40 heavy (non-hydrogen) atoms. The van der Waals surface area contributed by atoms with Crippen molar-refractivity contribution in [2.45, 2.75) is 19.0 Å². The van der Waals surface area contributed by atoms with Gasteiger partial charge in [0, 0.05) is 5.56 Å². The number of hydrogen-bond donors (Lipinski definition) is 1. The normalized spacial score (nSPS) is 12.2. The molecular weight excluding hydrogens is 553 g/mol. The second-order valence-corrected chi connectivity index (χ2v) is 8.34. The van der Waals surface area contributed by atoms with Crippen molar-refractivity contribution in [2.75, 3.05) is 0 Å². The van der Waals surface area contributed by atoms with E-state index in [9.17, 15) is 40.6 Å². The predicted octanol–water partition coefficient (Wildman–Crippen LogP) is 6.97. The lowest BCUT2D eigenvalue weighted by atomic mass is 10.0. The number of halogens is 7. The highest BCUT2D eigenvalue weighted by Crippen LogP contribution is 2.39. The van der Waals surface area contributed by atoms with Crippen molar-refractivity contribution in [1.82, 2.24) is 10.1 Å². The summed E-state index contributed by atoms with van der Waals surface area (Å²) in [6.45, 7) is -0.529. The van der Waals surface area contributed by atoms with Crippen LogP contribution in [0.3, 0.4) is 0 Å². The van der Waals surface area contributed by atoms with Gasteiger partial charge >= 0.3 is 12.4 Å². The molecule has 0 amide bonds. The Morgan fingerprint density at radius 1 is 0.900 bits per heavy atom. The summed E-state index contributed by atoms with van der Waals surface area (Å²) in [7, 11) is 0. The molecular formula is C26H13F7N2O5. The lowest BCUT2D eigenvalue weighted by Crippen LogP contribution is -2.16. The molecule has 5 rings (SSSR count). The fourth-order valence-corrected chi connectivity index (χ4v) is 3.87. The Bertz CT molecular complexity index is 1770. The number of fused-ring (bicyclic) bond motifs is 1. The van der Waals surface area contributed by atoms with E-state index < -0.39 is 58.6 Å². The minimum atomic E-state index is -5.04. The van der Waals surface area contributed by atoms with Gasteiger partial charge in [-0.15, -0.1) is 0 Å². The standard InChI is InChI=1S/C26H13F7N2O5/c27-15-9-13(8-14(10-15)25(28,29)30)24-34-19(35-40-24)11-38-17-2-1-3-18-21(17)22(37)20(23(39-18)26(31,32)33)12-4-6-16(36)7-5-12/h1-10,36H,11H2. The minimum Gasteiger partial charge on any atom is -0.508 e. The number of aromatic nitrogens is 2. The maximum Gasteiger partial charge on any atom is 0.450 e. The van der Waals surface area contributed by atoms with Crippen LogP contribution in [-0.2, 0) is 19.0 Å². The first-order valence-electron chi connectivity index (χ1n) is 11.1. The summed E-state index contributed by atoms with van der Waals surface area (Å²) in [6, 6.07) is 9.78. The monoisotopic (exact) mass is 566 g/mol. The van der Waals surface area contributed by atoms with Gasteiger partial charge in [0.15, 0.2) is 6.61 Å². The van der Waals surface area contributed by atoms with Crippen molar-refractivity contribution >= 4 is 11.0 Å². The van der Waals surface area contributed by atoms with Crippen molar-refractivity contribution in [3.8, 4) is 34.1 Å². The molecule has 0 radical (unpaired) electrons. The predicted molar refractivity (Wildman–Crippen MR) is 124 cm³/mol. The van der Waals surface area contributed by atoms with Crippen molar-refractivity contribution < 1.29 is 49.5 Å². The first-order valence-corrected chi connectivity index (χ1v) is 11.1. The van der Waals surface area contributed by atoms with Gasteiger partial charge in [0.1, 0.15) is 28.3 Å². The van der Waals surface area contributed by atoms with Crippen LogP contribution in [0.25, 0.3) is 33.6 Å². The summed E-state index contributed by atoms with van der Waals surface area (Å²) in [6.07, 6.45) is -9.87. The van der Waals surface area contributed by atoms with Crippen LogP contribution in [-0.4, -0.2) is 15.2 Å². The number of aromatic hydroxyl groups is 1.